The molecule has 6 heteroatoms. The summed E-state index contributed by atoms with van der Waals surface area (Å²) in [6.45, 7) is 0.378. The molecule has 1 amide bonds. The van der Waals surface area contributed by atoms with Crippen molar-refractivity contribution in [3.8, 4) is 6.07 Å². The van der Waals surface area contributed by atoms with Crippen LogP contribution in [0, 0.1) is 23.1 Å². The Balaban J connectivity index is 2.29. The fourth-order valence-electron chi connectivity index (χ4n) is 2.32. The van der Waals surface area contributed by atoms with Crippen LogP contribution in [0.1, 0.15) is 19.3 Å². The Morgan fingerprint density at radius 1 is 1.55 bits per heavy atom. The molecule has 1 aromatic carbocycles. The largest absolute Gasteiger partial charge is 0.309 e. The third kappa shape index (κ3) is 2.73. The Bertz CT molecular complexity index is 597. The molecule has 0 N–H and O–H groups in total. The van der Waals surface area contributed by atoms with Crippen molar-refractivity contribution in [2.45, 2.75) is 19.3 Å². The van der Waals surface area contributed by atoms with Gasteiger partial charge in [0.1, 0.15) is 0 Å². The molecule has 4 nitrogen and oxygen atoms in total. The van der Waals surface area contributed by atoms with Crippen LogP contribution in [0.2, 0.25) is 0 Å². The molecule has 20 heavy (non-hydrogen) atoms. The molecule has 1 heterocycles. The van der Waals surface area contributed by atoms with Gasteiger partial charge in [0.25, 0.3) is 0 Å². The molecule has 0 aliphatic carbocycles. The zero-order valence-electron chi connectivity index (χ0n) is 10.6. The molecule has 104 valence electrons. The summed E-state index contributed by atoms with van der Waals surface area (Å²) in [7, 11) is 0. The minimum Gasteiger partial charge on any atom is -0.309 e. The summed E-state index contributed by atoms with van der Waals surface area (Å²) in [4.78, 5) is 25.4. The second-order valence-electron chi connectivity index (χ2n) is 4.56. The minimum absolute atomic E-state index is 0.166. The van der Waals surface area contributed by atoms with Gasteiger partial charge in [-0.2, -0.15) is 5.26 Å². The van der Waals surface area contributed by atoms with Crippen LogP contribution in [0.25, 0.3) is 0 Å². The molecule has 0 bridgehead atoms. The number of hydrogen-bond donors (Lipinski definition) is 0. The van der Waals surface area contributed by atoms with Crippen molar-refractivity contribution in [1.82, 2.24) is 0 Å². The number of nitriles is 1. The van der Waals surface area contributed by atoms with Crippen LogP contribution in [-0.2, 0) is 9.59 Å². The average Bonchev–Trinajstić information content (AvgIpc) is 2.43. The van der Waals surface area contributed by atoms with E-state index in [4.69, 9.17) is 5.26 Å². The van der Waals surface area contributed by atoms with Gasteiger partial charge in [-0.25, -0.2) is 4.39 Å². The highest BCUT2D eigenvalue weighted by atomic mass is 79.9. The maximum atomic E-state index is 14.1. The number of hydrogen-bond acceptors (Lipinski definition) is 3. The van der Waals surface area contributed by atoms with Crippen molar-refractivity contribution < 1.29 is 14.0 Å². The number of rotatable bonds is 3. The lowest BCUT2D eigenvalue weighted by Gasteiger charge is -2.31. The number of anilines is 1. The Morgan fingerprint density at radius 3 is 3.00 bits per heavy atom. The molecule has 1 aliphatic rings. The fourth-order valence-corrected chi connectivity index (χ4v) is 2.67. The first kappa shape index (κ1) is 14.7. The number of Topliss-reactive ketones (excluding diaryl/α,β-unsaturated/α-hetero) is 1. The van der Waals surface area contributed by atoms with Crippen LogP contribution < -0.4 is 4.90 Å². The maximum absolute atomic E-state index is 14.1. The van der Waals surface area contributed by atoms with Gasteiger partial charge in [0.2, 0.25) is 5.91 Å². The van der Waals surface area contributed by atoms with Crippen LogP contribution in [-0.4, -0.2) is 18.2 Å². The second kappa shape index (κ2) is 6.14. The Kier molecular flexibility index (Phi) is 4.50. The van der Waals surface area contributed by atoms with E-state index in [9.17, 15) is 14.0 Å². The number of ketones is 1. The van der Waals surface area contributed by atoms with Crippen molar-refractivity contribution in [3.05, 3.63) is 28.5 Å². The first-order valence-corrected chi connectivity index (χ1v) is 7.00. The Labute approximate surface area is 124 Å². The molecule has 0 unspecified atom stereocenters. The van der Waals surface area contributed by atoms with Gasteiger partial charge in [-0.3, -0.25) is 9.59 Å². The highest BCUT2D eigenvalue weighted by Crippen LogP contribution is 2.30. The summed E-state index contributed by atoms with van der Waals surface area (Å²) in [5, 5.41) is 8.56. The predicted octanol–water partition coefficient (Wildman–Crippen LogP) is 2.81. The van der Waals surface area contributed by atoms with Gasteiger partial charge in [0.05, 0.1) is 28.6 Å². The van der Waals surface area contributed by atoms with Crippen molar-refractivity contribution in [2.75, 3.05) is 11.4 Å². The van der Waals surface area contributed by atoms with E-state index in [0.717, 1.165) is 0 Å². The monoisotopic (exact) mass is 338 g/mol. The number of carbonyl (C=O) groups is 2. The molecule has 0 radical (unpaired) electrons. The highest BCUT2D eigenvalue weighted by molar-refractivity contribution is 9.10. The predicted molar refractivity (Wildman–Crippen MR) is 74.4 cm³/mol. The average molecular weight is 339 g/mol. The van der Waals surface area contributed by atoms with E-state index in [2.05, 4.69) is 15.9 Å². The number of amides is 1. The van der Waals surface area contributed by atoms with Gasteiger partial charge in [-0.1, -0.05) is 6.07 Å². The lowest BCUT2D eigenvalue weighted by atomic mass is 9.91. The number of halogens is 2. The summed E-state index contributed by atoms with van der Waals surface area (Å²) in [6, 6.07) is 6.45. The molecule has 1 fully saturated rings. The first-order valence-electron chi connectivity index (χ1n) is 6.21. The van der Waals surface area contributed by atoms with Gasteiger partial charge in [-0.05, 0) is 40.9 Å². The van der Waals surface area contributed by atoms with E-state index >= 15 is 0 Å². The number of piperidine rings is 1. The van der Waals surface area contributed by atoms with Crippen LogP contribution in [0.15, 0.2) is 22.7 Å². The van der Waals surface area contributed by atoms with Crippen LogP contribution in [0.4, 0.5) is 10.1 Å². The lowest BCUT2D eigenvalue weighted by Crippen LogP contribution is -2.44. The standard InChI is InChI=1S/C14H12BrFN2O2/c15-10-4-1-5-11(13(10)16)18-8-2-3-9(14(18)20)12(19)6-7-17/h1,4-5,9H,2-3,6,8H2/t9-/m1/s1. The van der Waals surface area contributed by atoms with Crippen molar-refractivity contribution >= 4 is 33.3 Å². The van der Waals surface area contributed by atoms with Gasteiger partial charge in [0.15, 0.2) is 11.6 Å². The minimum atomic E-state index is -0.832. The maximum Gasteiger partial charge on any atom is 0.237 e. The summed E-state index contributed by atoms with van der Waals surface area (Å²) in [6.07, 6.45) is 0.746. The van der Waals surface area contributed by atoms with E-state index in [1.54, 1.807) is 18.2 Å². The second-order valence-corrected chi connectivity index (χ2v) is 5.41. The van der Waals surface area contributed by atoms with E-state index in [-0.39, 0.29) is 16.6 Å². The van der Waals surface area contributed by atoms with Crippen LogP contribution >= 0.6 is 15.9 Å². The quantitative estimate of drug-likeness (QED) is 0.796. The molecule has 1 saturated heterocycles. The van der Waals surface area contributed by atoms with Gasteiger partial charge >= 0.3 is 0 Å². The van der Waals surface area contributed by atoms with Crippen LogP contribution in [0.3, 0.4) is 0 Å². The third-order valence-electron chi connectivity index (χ3n) is 3.30. The van der Waals surface area contributed by atoms with Gasteiger partial charge in [-0.15, -0.1) is 0 Å². The molecule has 0 saturated carbocycles. The van der Waals surface area contributed by atoms with E-state index in [1.807, 2.05) is 0 Å². The van der Waals surface area contributed by atoms with E-state index < -0.39 is 23.4 Å². The number of nitrogens with zero attached hydrogens (tertiary/aromatic N) is 2. The van der Waals surface area contributed by atoms with Crippen molar-refractivity contribution in [1.29, 1.82) is 5.26 Å². The molecule has 2 rings (SSSR count). The summed E-state index contributed by atoms with van der Waals surface area (Å²) in [5.74, 6) is -2.16. The molecule has 1 aliphatic heterocycles. The number of carbonyl (C=O) groups excluding carboxylic acids is 2. The normalized spacial score (nSPS) is 18.8. The zero-order chi connectivity index (χ0) is 14.7. The SMILES string of the molecule is N#CCC(=O)[C@H]1CCCN(c2cccc(Br)c2F)C1=O. The van der Waals surface area contributed by atoms with E-state index in [1.165, 1.54) is 11.0 Å². The Morgan fingerprint density at radius 2 is 2.30 bits per heavy atom. The van der Waals surface area contributed by atoms with E-state index in [0.29, 0.717) is 19.4 Å². The fraction of sp³-hybridized carbons (Fsp3) is 0.357. The third-order valence-corrected chi connectivity index (χ3v) is 3.92. The van der Waals surface area contributed by atoms with Crippen molar-refractivity contribution in [3.63, 3.8) is 0 Å². The summed E-state index contributed by atoms with van der Waals surface area (Å²) >= 11 is 3.08. The zero-order valence-corrected chi connectivity index (χ0v) is 12.2. The molecule has 1 aromatic rings. The smallest absolute Gasteiger partial charge is 0.237 e. The summed E-state index contributed by atoms with van der Waals surface area (Å²) in [5.41, 5.74) is 0.166. The molecule has 1 atom stereocenters. The Hall–Kier alpha value is -1.74. The molecular weight excluding hydrogens is 327 g/mol. The molecule has 0 aromatic heterocycles. The van der Waals surface area contributed by atoms with Gasteiger partial charge < -0.3 is 4.90 Å². The highest BCUT2D eigenvalue weighted by Gasteiger charge is 2.35. The first-order chi connectivity index (χ1) is 9.56. The molecule has 0 spiro atoms. The molecular formula is C14H12BrFN2O2. The summed E-state index contributed by atoms with van der Waals surface area (Å²) < 4.78 is 14.3. The van der Waals surface area contributed by atoms with Crippen molar-refractivity contribution in [2.24, 2.45) is 5.92 Å². The van der Waals surface area contributed by atoms with Gasteiger partial charge in [0, 0.05) is 6.54 Å². The topological polar surface area (TPSA) is 61.2 Å². The van der Waals surface area contributed by atoms with Crippen LogP contribution in [0.5, 0.6) is 0 Å². The lowest BCUT2D eigenvalue weighted by molar-refractivity contribution is -0.133. The number of benzene rings is 1.